The van der Waals surface area contributed by atoms with E-state index in [9.17, 15) is 0 Å². The molecule has 0 fully saturated rings. The van der Waals surface area contributed by atoms with E-state index in [-0.39, 0.29) is 0 Å². The van der Waals surface area contributed by atoms with E-state index in [1.54, 1.807) is 6.92 Å². The molecule has 0 radical (unpaired) electrons. The first kappa shape index (κ1) is 7.84. The smallest absolute Gasteiger partial charge is 0.221 e. The summed E-state index contributed by atoms with van der Waals surface area (Å²) < 4.78 is 0. The molecule has 1 atom stereocenters. The molecule has 0 aliphatic carbocycles. The van der Waals surface area contributed by atoms with Gasteiger partial charge in [-0.2, -0.15) is 0 Å². The SMILES string of the molecule is CCOO[C@H](C)OO. The summed E-state index contributed by atoms with van der Waals surface area (Å²) in [5.41, 5.74) is 0. The maximum Gasteiger partial charge on any atom is 0.221 e. The van der Waals surface area contributed by atoms with Crippen molar-refractivity contribution in [3.05, 3.63) is 0 Å². The van der Waals surface area contributed by atoms with Gasteiger partial charge in [0.2, 0.25) is 6.29 Å². The van der Waals surface area contributed by atoms with Gasteiger partial charge in [-0.05, 0) is 13.8 Å². The molecule has 4 heteroatoms. The molecule has 0 spiro atoms. The Morgan fingerprint density at radius 1 is 1.62 bits per heavy atom. The van der Waals surface area contributed by atoms with E-state index < -0.39 is 6.29 Å². The Morgan fingerprint density at radius 3 is 2.62 bits per heavy atom. The molecule has 0 amide bonds. The van der Waals surface area contributed by atoms with Crippen molar-refractivity contribution in [3.8, 4) is 0 Å². The van der Waals surface area contributed by atoms with Crippen LogP contribution in [0.1, 0.15) is 13.8 Å². The zero-order chi connectivity index (χ0) is 6.41. The lowest BCUT2D eigenvalue weighted by atomic mass is 10.8. The van der Waals surface area contributed by atoms with Crippen LogP contribution in [-0.2, 0) is 14.7 Å². The standard InChI is InChI=1S/C4H10O4/c1-3-6-8-4(2)7-5/h4-5H,3H2,1-2H3/t4-/m1/s1. The van der Waals surface area contributed by atoms with Crippen molar-refractivity contribution >= 4 is 0 Å². The van der Waals surface area contributed by atoms with Gasteiger partial charge in [0.1, 0.15) is 0 Å². The normalized spacial score (nSPS) is 13.9. The van der Waals surface area contributed by atoms with Gasteiger partial charge in [0, 0.05) is 0 Å². The highest BCUT2D eigenvalue weighted by atomic mass is 17.3. The van der Waals surface area contributed by atoms with Crippen LogP contribution in [0.25, 0.3) is 0 Å². The van der Waals surface area contributed by atoms with E-state index in [1.165, 1.54) is 6.92 Å². The zero-order valence-electron chi connectivity index (χ0n) is 4.96. The molecule has 0 aromatic rings. The molecule has 0 bridgehead atoms. The molecule has 0 saturated heterocycles. The molecule has 0 aliphatic rings. The summed E-state index contributed by atoms with van der Waals surface area (Å²) in [6.07, 6.45) is -0.713. The number of rotatable bonds is 4. The molecule has 0 aromatic carbocycles. The fourth-order valence-electron chi connectivity index (χ4n) is 0.181. The van der Waals surface area contributed by atoms with Gasteiger partial charge in [-0.3, -0.25) is 0 Å². The first-order chi connectivity index (χ1) is 3.81. The Hall–Kier alpha value is -0.160. The third kappa shape index (κ3) is 4.01. The molecule has 1 N–H and O–H groups in total. The van der Waals surface area contributed by atoms with Gasteiger partial charge in [-0.15, -0.1) is 0 Å². The van der Waals surface area contributed by atoms with Gasteiger partial charge in [0.15, 0.2) is 0 Å². The molecule has 0 rings (SSSR count). The first-order valence-electron chi connectivity index (χ1n) is 2.39. The second kappa shape index (κ2) is 4.99. The van der Waals surface area contributed by atoms with E-state index in [0.29, 0.717) is 6.61 Å². The predicted octanol–water partition coefficient (Wildman–Crippen LogP) is 0.790. The lowest BCUT2D eigenvalue weighted by Crippen LogP contribution is -2.10. The van der Waals surface area contributed by atoms with Crippen LogP contribution in [0.2, 0.25) is 0 Å². The second-order valence-electron chi connectivity index (χ2n) is 1.18. The minimum absolute atomic E-state index is 0.438. The zero-order valence-corrected chi connectivity index (χ0v) is 4.96. The van der Waals surface area contributed by atoms with Gasteiger partial charge in [0.25, 0.3) is 0 Å². The Labute approximate surface area is 47.8 Å². The Bertz CT molecular complexity index is 47.3. The summed E-state index contributed by atoms with van der Waals surface area (Å²) in [7, 11) is 0. The van der Waals surface area contributed by atoms with Crippen molar-refractivity contribution in [2.75, 3.05) is 6.61 Å². The lowest BCUT2D eigenvalue weighted by molar-refractivity contribution is -0.441. The van der Waals surface area contributed by atoms with Gasteiger partial charge in [-0.25, -0.2) is 19.9 Å². The van der Waals surface area contributed by atoms with E-state index in [1.807, 2.05) is 0 Å². The largest absolute Gasteiger partial charge is 0.249 e. The minimum Gasteiger partial charge on any atom is -0.249 e. The molecule has 8 heavy (non-hydrogen) atoms. The number of hydrogen-bond donors (Lipinski definition) is 1. The van der Waals surface area contributed by atoms with Gasteiger partial charge in [0.05, 0.1) is 6.61 Å². The maximum atomic E-state index is 7.86. The molecule has 0 saturated carbocycles. The summed E-state index contributed by atoms with van der Waals surface area (Å²) in [5.74, 6) is 0. The lowest BCUT2D eigenvalue weighted by Gasteiger charge is -2.04. The molecule has 0 heterocycles. The molecule has 0 aliphatic heterocycles. The minimum atomic E-state index is -0.713. The van der Waals surface area contributed by atoms with Crippen molar-refractivity contribution in [2.24, 2.45) is 0 Å². The Kier molecular flexibility index (Phi) is 4.89. The molecular formula is C4H10O4. The highest BCUT2D eigenvalue weighted by molar-refractivity contribution is 4.13. The van der Waals surface area contributed by atoms with Crippen LogP contribution in [-0.4, -0.2) is 18.2 Å². The van der Waals surface area contributed by atoms with Crippen LogP contribution >= 0.6 is 0 Å². The molecule has 0 unspecified atom stereocenters. The van der Waals surface area contributed by atoms with Crippen LogP contribution in [0.5, 0.6) is 0 Å². The molecular weight excluding hydrogens is 112 g/mol. The highest BCUT2D eigenvalue weighted by Crippen LogP contribution is 1.89. The first-order valence-corrected chi connectivity index (χ1v) is 2.39. The van der Waals surface area contributed by atoms with E-state index in [0.717, 1.165) is 0 Å². The quantitative estimate of drug-likeness (QED) is 0.340. The fraction of sp³-hybridized carbons (Fsp3) is 1.00. The molecule has 50 valence electrons. The third-order valence-electron chi connectivity index (χ3n) is 0.470. The fourth-order valence-corrected chi connectivity index (χ4v) is 0.181. The van der Waals surface area contributed by atoms with Crippen molar-refractivity contribution < 1.29 is 19.9 Å². The topological polar surface area (TPSA) is 47.9 Å². The summed E-state index contributed by atoms with van der Waals surface area (Å²) >= 11 is 0. The Balaban J connectivity index is 2.86. The number of hydrogen-bond acceptors (Lipinski definition) is 4. The van der Waals surface area contributed by atoms with Crippen LogP contribution in [0.4, 0.5) is 0 Å². The van der Waals surface area contributed by atoms with Crippen LogP contribution in [0, 0.1) is 0 Å². The van der Waals surface area contributed by atoms with Crippen molar-refractivity contribution in [2.45, 2.75) is 20.1 Å². The molecule has 0 aromatic heterocycles. The van der Waals surface area contributed by atoms with Crippen LogP contribution < -0.4 is 0 Å². The Morgan fingerprint density at radius 2 is 2.25 bits per heavy atom. The van der Waals surface area contributed by atoms with Crippen molar-refractivity contribution in [1.82, 2.24) is 0 Å². The molecule has 4 nitrogen and oxygen atoms in total. The summed E-state index contributed by atoms with van der Waals surface area (Å²) in [6.45, 7) is 3.72. The van der Waals surface area contributed by atoms with E-state index in [2.05, 4.69) is 14.7 Å². The predicted molar refractivity (Wildman–Crippen MR) is 25.9 cm³/mol. The van der Waals surface area contributed by atoms with Crippen molar-refractivity contribution in [1.29, 1.82) is 0 Å². The average molecular weight is 122 g/mol. The second-order valence-corrected chi connectivity index (χ2v) is 1.18. The van der Waals surface area contributed by atoms with Gasteiger partial charge < -0.3 is 0 Å². The van der Waals surface area contributed by atoms with Gasteiger partial charge in [-0.1, -0.05) is 0 Å². The van der Waals surface area contributed by atoms with Crippen molar-refractivity contribution in [3.63, 3.8) is 0 Å². The monoisotopic (exact) mass is 122 g/mol. The van der Waals surface area contributed by atoms with Gasteiger partial charge >= 0.3 is 0 Å². The van der Waals surface area contributed by atoms with Crippen LogP contribution in [0.3, 0.4) is 0 Å². The third-order valence-corrected chi connectivity index (χ3v) is 0.470. The average Bonchev–Trinajstić information content (AvgIpc) is 1.83. The summed E-state index contributed by atoms with van der Waals surface area (Å²) in [6, 6.07) is 0. The highest BCUT2D eigenvalue weighted by Gasteiger charge is 1.98. The maximum absolute atomic E-state index is 7.86. The summed E-state index contributed by atoms with van der Waals surface area (Å²) in [4.78, 5) is 12.5. The van der Waals surface area contributed by atoms with Crippen LogP contribution in [0.15, 0.2) is 0 Å². The van der Waals surface area contributed by atoms with E-state index >= 15 is 0 Å². The summed E-state index contributed by atoms with van der Waals surface area (Å²) in [5, 5.41) is 7.86. The van der Waals surface area contributed by atoms with E-state index in [4.69, 9.17) is 5.26 Å².